The summed E-state index contributed by atoms with van der Waals surface area (Å²) >= 11 is 1.69. The van der Waals surface area contributed by atoms with Crippen LogP contribution in [0, 0.1) is 0 Å². The average molecular weight is 252 g/mol. The molecule has 0 aliphatic rings. The Kier molecular flexibility index (Phi) is 5.06. The van der Waals surface area contributed by atoms with Crippen molar-refractivity contribution in [2.75, 3.05) is 12.9 Å². The lowest BCUT2D eigenvalue weighted by atomic mass is 10.1. The second-order valence-electron chi connectivity index (χ2n) is 4.97. The van der Waals surface area contributed by atoms with E-state index < -0.39 is 0 Å². The van der Waals surface area contributed by atoms with E-state index in [4.69, 9.17) is 4.74 Å². The van der Waals surface area contributed by atoms with Gasteiger partial charge >= 0.3 is 0 Å². The molecule has 1 aromatic rings. The summed E-state index contributed by atoms with van der Waals surface area (Å²) in [7, 11) is 1.64. The number of benzene rings is 1. The largest absolute Gasteiger partial charge is 0.497 e. The van der Waals surface area contributed by atoms with Gasteiger partial charge in [0.2, 0.25) is 0 Å². The zero-order chi connectivity index (χ0) is 12.9. The molecule has 1 rings (SSSR count). The van der Waals surface area contributed by atoms with Gasteiger partial charge in [0.25, 0.3) is 0 Å². The van der Waals surface area contributed by atoms with Gasteiger partial charge in [0.15, 0.2) is 0 Å². The molecule has 0 spiro atoms. The first-order chi connectivity index (χ1) is 7.90. The van der Waals surface area contributed by atoms with Gasteiger partial charge in [-0.1, -0.05) is 32.9 Å². The van der Waals surface area contributed by atoms with Gasteiger partial charge in [-0.3, -0.25) is 4.79 Å². The first-order valence-corrected chi connectivity index (χ1v) is 6.68. The summed E-state index contributed by atoms with van der Waals surface area (Å²) in [5, 5.41) is 0. The van der Waals surface area contributed by atoms with Crippen LogP contribution in [0.4, 0.5) is 0 Å². The SMILES string of the molecule is COc1cccc(CC(=O)CSC(C)(C)C)c1. The Balaban J connectivity index is 2.50. The van der Waals surface area contributed by atoms with Crippen LogP contribution in [0.3, 0.4) is 0 Å². The van der Waals surface area contributed by atoms with Crippen molar-refractivity contribution in [2.24, 2.45) is 0 Å². The van der Waals surface area contributed by atoms with E-state index in [1.807, 2.05) is 24.3 Å². The first-order valence-electron chi connectivity index (χ1n) is 5.69. The second kappa shape index (κ2) is 6.10. The number of thioether (sulfide) groups is 1. The Bertz CT molecular complexity index is 380. The van der Waals surface area contributed by atoms with Crippen LogP contribution in [0.15, 0.2) is 24.3 Å². The monoisotopic (exact) mass is 252 g/mol. The van der Waals surface area contributed by atoms with E-state index in [1.54, 1.807) is 18.9 Å². The number of ketones is 1. The molecule has 0 aliphatic heterocycles. The minimum atomic E-state index is 0.143. The van der Waals surface area contributed by atoms with Crippen molar-refractivity contribution in [2.45, 2.75) is 31.9 Å². The van der Waals surface area contributed by atoms with Gasteiger partial charge in [0, 0.05) is 11.2 Å². The number of methoxy groups -OCH3 is 1. The van der Waals surface area contributed by atoms with Crippen molar-refractivity contribution in [3.05, 3.63) is 29.8 Å². The molecule has 0 amide bonds. The fourth-order valence-electron chi connectivity index (χ4n) is 1.36. The van der Waals surface area contributed by atoms with Crippen molar-refractivity contribution in [3.8, 4) is 5.75 Å². The summed E-state index contributed by atoms with van der Waals surface area (Å²) in [6, 6.07) is 7.68. The highest BCUT2D eigenvalue weighted by molar-refractivity contribution is 8.01. The van der Waals surface area contributed by atoms with Crippen molar-refractivity contribution >= 4 is 17.5 Å². The maximum absolute atomic E-state index is 11.8. The Labute approximate surface area is 108 Å². The maximum atomic E-state index is 11.8. The van der Waals surface area contributed by atoms with Gasteiger partial charge in [0.1, 0.15) is 11.5 Å². The van der Waals surface area contributed by atoms with Gasteiger partial charge in [0.05, 0.1) is 12.9 Å². The number of carbonyl (C=O) groups excluding carboxylic acids is 1. The number of carbonyl (C=O) groups is 1. The normalized spacial score (nSPS) is 11.3. The topological polar surface area (TPSA) is 26.3 Å². The van der Waals surface area contributed by atoms with Crippen molar-refractivity contribution in [3.63, 3.8) is 0 Å². The zero-order valence-electron chi connectivity index (χ0n) is 10.9. The van der Waals surface area contributed by atoms with E-state index in [0.29, 0.717) is 12.2 Å². The van der Waals surface area contributed by atoms with E-state index in [-0.39, 0.29) is 10.5 Å². The van der Waals surface area contributed by atoms with E-state index >= 15 is 0 Å². The summed E-state index contributed by atoms with van der Waals surface area (Å²) < 4.78 is 5.28. The molecule has 0 radical (unpaired) electrons. The molecule has 0 aromatic heterocycles. The molecule has 0 saturated heterocycles. The third-order valence-corrected chi connectivity index (χ3v) is 3.53. The number of Topliss-reactive ketones (excluding diaryl/α,β-unsaturated/α-hetero) is 1. The van der Waals surface area contributed by atoms with Gasteiger partial charge in [-0.15, -0.1) is 11.8 Å². The summed E-state index contributed by atoms with van der Waals surface area (Å²) in [6.07, 6.45) is 0.486. The number of rotatable bonds is 5. The molecule has 2 nitrogen and oxygen atoms in total. The highest BCUT2D eigenvalue weighted by Crippen LogP contribution is 2.23. The minimum Gasteiger partial charge on any atom is -0.497 e. The van der Waals surface area contributed by atoms with E-state index in [1.165, 1.54) is 0 Å². The molecular formula is C14H20O2S. The fourth-order valence-corrected chi connectivity index (χ4v) is 2.05. The number of hydrogen-bond acceptors (Lipinski definition) is 3. The Morgan fingerprint density at radius 3 is 2.65 bits per heavy atom. The average Bonchev–Trinajstić information content (AvgIpc) is 2.26. The molecule has 0 saturated carbocycles. The molecule has 0 aliphatic carbocycles. The third kappa shape index (κ3) is 5.78. The highest BCUT2D eigenvalue weighted by atomic mass is 32.2. The number of hydrogen-bond donors (Lipinski definition) is 0. The summed E-state index contributed by atoms with van der Waals surface area (Å²) in [4.78, 5) is 11.8. The second-order valence-corrected chi connectivity index (χ2v) is 6.77. The van der Waals surface area contributed by atoms with Crippen molar-refractivity contribution in [1.82, 2.24) is 0 Å². The predicted octanol–water partition coefficient (Wildman–Crippen LogP) is 3.34. The van der Waals surface area contributed by atoms with E-state index in [9.17, 15) is 4.79 Å². The van der Waals surface area contributed by atoms with E-state index in [0.717, 1.165) is 11.3 Å². The van der Waals surface area contributed by atoms with Crippen LogP contribution in [0.1, 0.15) is 26.3 Å². The van der Waals surface area contributed by atoms with Gasteiger partial charge in [-0.25, -0.2) is 0 Å². The quantitative estimate of drug-likeness (QED) is 0.804. The van der Waals surface area contributed by atoms with Crippen LogP contribution in [-0.4, -0.2) is 23.4 Å². The lowest BCUT2D eigenvalue weighted by molar-refractivity contribution is -0.116. The van der Waals surface area contributed by atoms with Crippen LogP contribution < -0.4 is 4.74 Å². The van der Waals surface area contributed by atoms with Crippen LogP contribution in [0.25, 0.3) is 0 Å². The van der Waals surface area contributed by atoms with Crippen LogP contribution in [0.2, 0.25) is 0 Å². The predicted molar refractivity (Wildman–Crippen MR) is 73.9 cm³/mol. The van der Waals surface area contributed by atoms with E-state index in [2.05, 4.69) is 20.8 Å². The lowest BCUT2D eigenvalue weighted by Gasteiger charge is -2.16. The van der Waals surface area contributed by atoms with Crippen LogP contribution in [0.5, 0.6) is 5.75 Å². The summed E-state index contributed by atoms with van der Waals surface area (Å²) in [5.74, 6) is 1.64. The van der Waals surface area contributed by atoms with Crippen molar-refractivity contribution in [1.29, 1.82) is 0 Å². The molecule has 0 heterocycles. The Morgan fingerprint density at radius 2 is 2.06 bits per heavy atom. The minimum absolute atomic E-state index is 0.143. The molecule has 1 aromatic carbocycles. The van der Waals surface area contributed by atoms with Gasteiger partial charge < -0.3 is 4.74 Å². The van der Waals surface area contributed by atoms with Crippen molar-refractivity contribution < 1.29 is 9.53 Å². The Hall–Kier alpha value is -0.960. The Morgan fingerprint density at radius 1 is 1.35 bits per heavy atom. The smallest absolute Gasteiger partial charge is 0.147 e. The lowest BCUT2D eigenvalue weighted by Crippen LogP contribution is -2.14. The molecule has 0 bridgehead atoms. The molecule has 3 heteroatoms. The van der Waals surface area contributed by atoms with Gasteiger partial charge in [-0.05, 0) is 17.7 Å². The molecule has 0 N–H and O–H groups in total. The maximum Gasteiger partial charge on any atom is 0.147 e. The van der Waals surface area contributed by atoms with Crippen LogP contribution >= 0.6 is 11.8 Å². The third-order valence-electron chi connectivity index (χ3n) is 2.20. The highest BCUT2D eigenvalue weighted by Gasteiger charge is 2.13. The zero-order valence-corrected chi connectivity index (χ0v) is 11.8. The molecule has 0 fully saturated rings. The molecular weight excluding hydrogens is 232 g/mol. The molecule has 0 atom stereocenters. The van der Waals surface area contributed by atoms with Crippen LogP contribution in [-0.2, 0) is 11.2 Å². The molecule has 17 heavy (non-hydrogen) atoms. The molecule has 94 valence electrons. The van der Waals surface area contributed by atoms with Gasteiger partial charge in [-0.2, -0.15) is 0 Å². The summed E-state index contributed by atoms with van der Waals surface area (Å²) in [5.41, 5.74) is 1.02. The number of ether oxygens (including phenoxy) is 1. The fraction of sp³-hybridized carbons (Fsp3) is 0.500. The summed E-state index contributed by atoms with van der Waals surface area (Å²) in [6.45, 7) is 6.36. The standard InChI is InChI=1S/C14H20O2S/c1-14(2,3)17-10-12(15)8-11-6-5-7-13(9-11)16-4/h5-7,9H,8,10H2,1-4H3. The molecule has 0 unspecified atom stereocenters. The first kappa shape index (κ1) is 14.1.